The van der Waals surface area contributed by atoms with Gasteiger partial charge in [-0.2, -0.15) is 13.2 Å². The van der Waals surface area contributed by atoms with Crippen LogP contribution in [0.25, 0.3) is 11.0 Å². The van der Waals surface area contributed by atoms with Crippen molar-refractivity contribution in [2.24, 2.45) is 7.05 Å². The van der Waals surface area contributed by atoms with E-state index in [0.29, 0.717) is 36.1 Å². The quantitative estimate of drug-likeness (QED) is 0.497. The molecule has 1 saturated heterocycles. The lowest BCUT2D eigenvalue weighted by atomic mass is 10.0. The predicted molar refractivity (Wildman–Crippen MR) is 106 cm³/mol. The lowest BCUT2D eigenvalue weighted by Crippen LogP contribution is -2.48. The van der Waals surface area contributed by atoms with E-state index in [1.165, 1.54) is 0 Å². The Balaban J connectivity index is 1.55. The number of aromatic nitrogens is 4. The maximum atomic E-state index is 14.5. The minimum Gasteiger partial charge on any atom is -0.398 e. The maximum Gasteiger partial charge on any atom is 0.419 e. The smallest absolute Gasteiger partial charge is 0.398 e. The first kappa shape index (κ1) is 20.2. The van der Waals surface area contributed by atoms with E-state index in [-0.39, 0.29) is 18.9 Å². The number of nitrogens with two attached hydrogens (primary N) is 1. The molecule has 2 aromatic heterocycles. The van der Waals surface area contributed by atoms with Gasteiger partial charge in [-0.05, 0) is 24.6 Å². The van der Waals surface area contributed by atoms with Gasteiger partial charge in [-0.25, -0.2) is 19.3 Å². The molecule has 0 amide bonds. The van der Waals surface area contributed by atoms with E-state index < -0.39 is 24.0 Å². The molecule has 1 unspecified atom stereocenters. The average Bonchev–Trinajstić information content (AvgIpc) is 2.97. The summed E-state index contributed by atoms with van der Waals surface area (Å²) in [6.45, 7) is 2.47. The second kappa shape index (κ2) is 7.29. The molecule has 160 valence electrons. The van der Waals surface area contributed by atoms with Crippen LogP contribution in [0.15, 0.2) is 24.5 Å². The number of nitrogens with one attached hydrogen (secondary N) is 1. The number of fused-ring (bicyclic) bond motifs is 1. The van der Waals surface area contributed by atoms with Crippen LogP contribution in [0.5, 0.6) is 0 Å². The highest BCUT2D eigenvalue weighted by atomic mass is 19.4. The number of nitrogens with zero attached hydrogens (tertiary/aromatic N) is 5. The fourth-order valence-electron chi connectivity index (χ4n) is 3.67. The molecule has 30 heavy (non-hydrogen) atoms. The molecule has 11 heteroatoms. The highest BCUT2D eigenvalue weighted by Gasteiger charge is 2.32. The Morgan fingerprint density at radius 1 is 1.17 bits per heavy atom. The van der Waals surface area contributed by atoms with Gasteiger partial charge in [0.15, 0.2) is 0 Å². The topological polar surface area (TPSA) is 84.9 Å². The van der Waals surface area contributed by atoms with E-state index in [0.717, 1.165) is 11.1 Å². The molecule has 1 aliphatic rings. The SMILES string of the molecule is Cc1cc2c(cc1N)nc(N1CC(Nc3ncc(C(F)(F)F)cn3)C[C@@H](F)C1)n2C. The third-order valence-electron chi connectivity index (χ3n) is 5.24. The number of hydrogen-bond acceptors (Lipinski definition) is 6. The van der Waals surface area contributed by atoms with Crippen molar-refractivity contribution in [3.8, 4) is 0 Å². The third kappa shape index (κ3) is 3.83. The summed E-state index contributed by atoms with van der Waals surface area (Å²) in [7, 11) is 1.85. The van der Waals surface area contributed by atoms with Crippen molar-refractivity contribution in [3.05, 3.63) is 35.7 Å². The van der Waals surface area contributed by atoms with Crippen LogP contribution in [0.4, 0.5) is 35.1 Å². The molecule has 3 N–H and O–H groups in total. The normalized spacial score (nSPS) is 20.0. The van der Waals surface area contributed by atoms with Crippen LogP contribution in [0, 0.1) is 6.92 Å². The molecule has 0 saturated carbocycles. The average molecular weight is 423 g/mol. The van der Waals surface area contributed by atoms with E-state index >= 15 is 0 Å². The van der Waals surface area contributed by atoms with Gasteiger partial charge >= 0.3 is 6.18 Å². The molecule has 0 aliphatic carbocycles. The zero-order chi connectivity index (χ0) is 21.6. The van der Waals surface area contributed by atoms with Gasteiger partial charge in [0.2, 0.25) is 11.9 Å². The molecule has 1 aliphatic heterocycles. The van der Waals surface area contributed by atoms with Crippen LogP contribution < -0.4 is 16.0 Å². The Labute approximate surface area is 169 Å². The second-order valence-electron chi connectivity index (χ2n) is 7.54. The van der Waals surface area contributed by atoms with E-state index in [1.807, 2.05) is 24.6 Å². The molecule has 2 atom stereocenters. The molecule has 0 spiro atoms. The predicted octanol–water partition coefficient (Wildman–Crippen LogP) is 3.30. The minimum atomic E-state index is -4.51. The van der Waals surface area contributed by atoms with Crippen molar-refractivity contribution in [1.82, 2.24) is 19.5 Å². The zero-order valence-corrected chi connectivity index (χ0v) is 16.4. The number of halogens is 4. The summed E-state index contributed by atoms with van der Waals surface area (Å²) in [5, 5.41) is 2.93. The molecule has 4 rings (SSSR count). The summed E-state index contributed by atoms with van der Waals surface area (Å²) in [5.41, 5.74) is 8.20. The van der Waals surface area contributed by atoms with Crippen LogP contribution in [-0.2, 0) is 13.2 Å². The highest BCUT2D eigenvalue weighted by molar-refractivity contribution is 5.83. The summed E-state index contributed by atoms with van der Waals surface area (Å²) < 4.78 is 54.4. The summed E-state index contributed by atoms with van der Waals surface area (Å²) in [4.78, 5) is 13.8. The Bertz CT molecular complexity index is 1060. The van der Waals surface area contributed by atoms with Crippen LogP contribution >= 0.6 is 0 Å². The van der Waals surface area contributed by atoms with Gasteiger partial charge in [0, 0.05) is 44.1 Å². The lowest BCUT2D eigenvalue weighted by Gasteiger charge is -2.35. The monoisotopic (exact) mass is 423 g/mol. The first-order valence-electron chi connectivity index (χ1n) is 9.39. The molecule has 0 bridgehead atoms. The molecule has 1 aromatic carbocycles. The Morgan fingerprint density at radius 2 is 1.87 bits per heavy atom. The van der Waals surface area contributed by atoms with Crippen molar-refractivity contribution < 1.29 is 17.6 Å². The molecule has 3 heterocycles. The summed E-state index contributed by atoms with van der Waals surface area (Å²) in [5.74, 6) is 0.618. The molecular formula is C19H21F4N7. The van der Waals surface area contributed by atoms with E-state index in [4.69, 9.17) is 5.73 Å². The molecule has 7 nitrogen and oxygen atoms in total. The third-order valence-corrected chi connectivity index (χ3v) is 5.24. The van der Waals surface area contributed by atoms with Gasteiger partial charge in [-0.3, -0.25) is 0 Å². The number of imidazole rings is 1. The fourth-order valence-corrected chi connectivity index (χ4v) is 3.67. The Hall–Kier alpha value is -3.11. The van der Waals surface area contributed by atoms with E-state index in [1.54, 1.807) is 11.0 Å². The van der Waals surface area contributed by atoms with Crippen molar-refractivity contribution in [2.45, 2.75) is 31.7 Å². The maximum absolute atomic E-state index is 14.5. The molecule has 3 aromatic rings. The number of hydrogen-bond donors (Lipinski definition) is 2. The molecular weight excluding hydrogens is 402 g/mol. The van der Waals surface area contributed by atoms with Crippen molar-refractivity contribution in [3.63, 3.8) is 0 Å². The number of rotatable bonds is 3. The van der Waals surface area contributed by atoms with Gasteiger partial charge in [0.25, 0.3) is 0 Å². The number of anilines is 3. The number of piperidine rings is 1. The summed E-state index contributed by atoms with van der Waals surface area (Å²) in [6.07, 6.45) is -4.04. The van der Waals surface area contributed by atoms with Crippen molar-refractivity contribution in [1.29, 1.82) is 0 Å². The van der Waals surface area contributed by atoms with Crippen LogP contribution in [0.1, 0.15) is 17.5 Å². The standard InChI is InChI=1S/C19H21F4N7/c1-10-3-16-15(5-14(10)24)28-18(29(16)2)30-8-12(20)4-13(9-30)27-17-25-6-11(7-26-17)19(21,22)23/h3,5-7,12-13H,4,8-9,24H2,1-2H3,(H,25,26,27)/t12-,13?/m1/s1. The summed E-state index contributed by atoms with van der Waals surface area (Å²) in [6, 6.07) is 3.33. The number of benzene rings is 1. The molecule has 1 fully saturated rings. The largest absolute Gasteiger partial charge is 0.419 e. The summed E-state index contributed by atoms with van der Waals surface area (Å²) >= 11 is 0. The van der Waals surface area contributed by atoms with Gasteiger partial charge < -0.3 is 20.5 Å². The molecule has 0 radical (unpaired) electrons. The first-order valence-corrected chi connectivity index (χ1v) is 9.39. The number of nitrogen functional groups attached to an aromatic ring is 1. The Morgan fingerprint density at radius 3 is 2.53 bits per heavy atom. The second-order valence-corrected chi connectivity index (χ2v) is 7.54. The highest BCUT2D eigenvalue weighted by Crippen LogP contribution is 2.30. The number of alkyl halides is 4. The van der Waals surface area contributed by atoms with E-state index in [2.05, 4.69) is 20.3 Å². The van der Waals surface area contributed by atoms with E-state index in [9.17, 15) is 17.6 Å². The number of aryl methyl sites for hydroxylation is 2. The minimum absolute atomic E-state index is 0.0236. The fraction of sp³-hybridized carbons (Fsp3) is 0.421. The van der Waals surface area contributed by atoms with Crippen LogP contribution in [0.3, 0.4) is 0 Å². The van der Waals surface area contributed by atoms with Gasteiger partial charge in [-0.15, -0.1) is 0 Å². The van der Waals surface area contributed by atoms with Gasteiger partial charge in [-0.1, -0.05) is 0 Å². The first-order chi connectivity index (χ1) is 14.1. The van der Waals surface area contributed by atoms with Crippen molar-refractivity contribution in [2.75, 3.05) is 29.0 Å². The van der Waals surface area contributed by atoms with Crippen LogP contribution in [0.2, 0.25) is 0 Å². The van der Waals surface area contributed by atoms with Crippen LogP contribution in [-0.4, -0.2) is 44.8 Å². The zero-order valence-electron chi connectivity index (χ0n) is 16.4. The van der Waals surface area contributed by atoms with Gasteiger partial charge in [0.05, 0.1) is 23.1 Å². The Kier molecular flexibility index (Phi) is 4.91. The van der Waals surface area contributed by atoms with Crippen molar-refractivity contribution >= 4 is 28.6 Å². The lowest BCUT2D eigenvalue weighted by molar-refractivity contribution is -0.138. The van der Waals surface area contributed by atoms with Gasteiger partial charge in [0.1, 0.15) is 6.17 Å².